The molecule has 0 saturated heterocycles. The number of anilines is 1. The molecule has 0 aromatic heterocycles. The first-order valence-electron chi connectivity index (χ1n) is 10.3. The molecule has 3 rings (SSSR count). The predicted octanol–water partition coefficient (Wildman–Crippen LogP) is 4.51. The molecule has 1 aliphatic rings. The molecule has 0 saturated carbocycles. The van der Waals surface area contributed by atoms with Crippen LogP contribution in [0.15, 0.2) is 65.1 Å². The Hall–Kier alpha value is -2.80. The summed E-state index contributed by atoms with van der Waals surface area (Å²) in [5.74, 6) is 0.457. The second kappa shape index (κ2) is 10.3. The largest absolute Gasteiger partial charge is 0.494 e. The topological polar surface area (TPSA) is 84.5 Å². The minimum atomic E-state index is -3.72. The van der Waals surface area contributed by atoms with Gasteiger partial charge >= 0.3 is 0 Å². The molecule has 6 nitrogen and oxygen atoms in total. The van der Waals surface area contributed by atoms with Crippen LogP contribution in [-0.4, -0.2) is 27.5 Å². The van der Waals surface area contributed by atoms with Crippen LogP contribution in [-0.2, 0) is 10.0 Å². The Morgan fingerprint density at radius 2 is 1.77 bits per heavy atom. The molecule has 0 fully saturated rings. The van der Waals surface area contributed by atoms with Crippen molar-refractivity contribution in [2.24, 2.45) is 0 Å². The van der Waals surface area contributed by atoms with Crippen molar-refractivity contribution >= 4 is 21.6 Å². The van der Waals surface area contributed by atoms with Crippen LogP contribution in [0.5, 0.6) is 5.75 Å². The van der Waals surface area contributed by atoms with Crippen LogP contribution in [0.25, 0.3) is 0 Å². The monoisotopic (exact) mass is 428 g/mol. The van der Waals surface area contributed by atoms with Crippen LogP contribution in [0.1, 0.15) is 49.4 Å². The third-order valence-corrected chi connectivity index (χ3v) is 6.36. The zero-order valence-corrected chi connectivity index (χ0v) is 18.0. The van der Waals surface area contributed by atoms with Crippen LogP contribution >= 0.6 is 0 Å². The van der Waals surface area contributed by atoms with E-state index in [9.17, 15) is 13.2 Å². The van der Waals surface area contributed by atoms with Gasteiger partial charge in [0, 0.05) is 17.8 Å². The standard InChI is InChI=1S/C23H28N2O4S/c1-2-29-21-12-14-22(15-13-21)30(27,28)25-20-10-8-19(9-11-20)23(26)24-17-16-18-6-4-3-5-7-18/h6,8-15,25H,2-5,7,16-17H2,1H3,(H,24,26). The number of hydrogen-bond acceptors (Lipinski definition) is 4. The molecule has 7 heteroatoms. The SMILES string of the molecule is CCOc1ccc(S(=O)(=O)Nc2ccc(C(=O)NCCC3=CCCCC3)cc2)cc1. The summed E-state index contributed by atoms with van der Waals surface area (Å²) in [5, 5.41) is 2.93. The first kappa shape index (κ1) is 21.9. The highest BCUT2D eigenvalue weighted by molar-refractivity contribution is 7.92. The number of hydrogen-bond donors (Lipinski definition) is 2. The number of rotatable bonds is 9. The summed E-state index contributed by atoms with van der Waals surface area (Å²) in [4.78, 5) is 12.5. The van der Waals surface area contributed by atoms with E-state index < -0.39 is 10.0 Å². The number of sulfonamides is 1. The van der Waals surface area contributed by atoms with Gasteiger partial charge in [-0.3, -0.25) is 9.52 Å². The highest BCUT2D eigenvalue weighted by Gasteiger charge is 2.15. The van der Waals surface area contributed by atoms with Crippen LogP contribution in [0.2, 0.25) is 0 Å². The molecule has 0 heterocycles. The minimum absolute atomic E-state index is 0.143. The number of amides is 1. The quantitative estimate of drug-likeness (QED) is 0.576. The molecule has 2 aromatic rings. The van der Waals surface area contributed by atoms with E-state index in [1.807, 2.05) is 6.92 Å². The third kappa shape index (κ3) is 6.10. The lowest BCUT2D eigenvalue weighted by atomic mass is 9.97. The Kier molecular flexibility index (Phi) is 7.52. The molecular formula is C23H28N2O4S. The van der Waals surface area contributed by atoms with Gasteiger partial charge in [-0.1, -0.05) is 11.6 Å². The molecule has 0 atom stereocenters. The summed E-state index contributed by atoms with van der Waals surface area (Å²) in [6.45, 7) is 2.99. The van der Waals surface area contributed by atoms with Crippen LogP contribution in [0, 0.1) is 0 Å². The van der Waals surface area contributed by atoms with Gasteiger partial charge in [-0.05, 0) is 87.6 Å². The summed E-state index contributed by atoms with van der Waals surface area (Å²) >= 11 is 0. The maximum absolute atomic E-state index is 12.5. The number of allylic oxidation sites excluding steroid dienone is 1. The van der Waals surface area contributed by atoms with E-state index in [1.54, 1.807) is 36.4 Å². The van der Waals surface area contributed by atoms with Gasteiger partial charge in [0.1, 0.15) is 5.75 Å². The van der Waals surface area contributed by atoms with Crippen molar-refractivity contribution < 1.29 is 17.9 Å². The maximum Gasteiger partial charge on any atom is 0.261 e. The van der Waals surface area contributed by atoms with Crippen molar-refractivity contribution in [3.8, 4) is 5.75 Å². The Morgan fingerprint density at radius 1 is 1.03 bits per heavy atom. The van der Waals surface area contributed by atoms with Gasteiger partial charge in [-0.25, -0.2) is 8.42 Å². The van der Waals surface area contributed by atoms with E-state index in [0.29, 0.717) is 30.2 Å². The normalized spacial score (nSPS) is 14.0. The van der Waals surface area contributed by atoms with Gasteiger partial charge in [0.2, 0.25) is 0 Å². The van der Waals surface area contributed by atoms with E-state index >= 15 is 0 Å². The Bertz CT molecular complexity index is 981. The Balaban J connectivity index is 1.55. The van der Waals surface area contributed by atoms with Crippen molar-refractivity contribution in [2.45, 2.75) is 43.9 Å². The van der Waals surface area contributed by atoms with Crippen molar-refractivity contribution in [1.29, 1.82) is 0 Å². The summed E-state index contributed by atoms with van der Waals surface area (Å²) < 4.78 is 33.0. The molecule has 2 N–H and O–H groups in total. The third-order valence-electron chi connectivity index (χ3n) is 4.96. The Labute approximate surface area is 178 Å². The van der Waals surface area contributed by atoms with E-state index in [4.69, 9.17) is 4.74 Å². The fourth-order valence-electron chi connectivity index (χ4n) is 3.36. The zero-order chi connectivity index (χ0) is 21.4. The van der Waals surface area contributed by atoms with Crippen molar-refractivity contribution in [1.82, 2.24) is 5.32 Å². The molecule has 30 heavy (non-hydrogen) atoms. The van der Waals surface area contributed by atoms with Gasteiger partial charge in [0.15, 0.2) is 0 Å². The number of nitrogens with one attached hydrogen (secondary N) is 2. The molecule has 0 bridgehead atoms. The predicted molar refractivity (Wildman–Crippen MR) is 118 cm³/mol. The van der Waals surface area contributed by atoms with E-state index in [1.165, 1.54) is 30.5 Å². The molecule has 1 amide bonds. The van der Waals surface area contributed by atoms with Crippen molar-refractivity contribution in [2.75, 3.05) is 17.9 Å². The fourth-order valence-corrected chi connectivity index (χ4v) is 4.41. The Morgan fingerprint density at radius 3 is 2.40 bits per heavy atom. The number of ether oxygens (including phenoxy) is 1. The summed E-state index contributed by atoms with van der Waals surface area (Å²) in [6, 6.07) is 12.6. The molecular weight excluding hydrogens is 400 g/mol. The lowest BCUT2D eigenvalue weighted by Crippen LogP contribution is -2.24. The number of benzene rings is 2. The highest BCUT2D eigenvalue weighted by atomic mass is 32.2. The van der Waals surface area contributed by atoms with Gasteiger partial charge in [0.05, 0.1) is 11.5 Å². The lowest BCUT2D eigenvalue weighted by molar-refractivity contribution is 0.0954. The van der Waals surface area contributed by atoms with Gasteiger partial charge < -0.3 is 10.1 Å². The molecule has 0 spiro atoms. The smallest absolute Gasteiger partial charge is 0.261 e. The summed E-state index contributed by atoms with van der Waals surface area (Å²) in [6.07, 6.45) is 7.90. The van der Waals surface area contributed by atoms with Crippen molar-refractivity contribution in [3.05, 3.63) is 65.7 Å². The first-order chi connectivity index (χ1) is 14.5. The zero-order valence-electron chi connectivity index (χ0n) is 17.2. The lowest BCUT2D eigenvalue weighted by Gasteiger charge is -2.13. The first-order valence-corrected chi connectivity index (χ1v) is 11.8. The maximum atomic E-state index is 12.5. The van der Waals surface area contributed by atoms with Crippen LogP contribution < -0.4 is 14.8 Å². The summed E-state index contributed by atoms with van der Waals surface area (Å²) in [5.41, 5.74) is 2.31. The van der Waals surface area contributed by atoms with Crippen molar-refractivity contribution in [3.63, 3.8) is 0 Å². The summed E-state index contributed by atoms with van der Waals surface area (Å²) in [7, 11) is -3.72. The van der Waals surface area contributed by atoms with Gasteiger partial charge in [0.25, 0.3) is 15.9 Å². The average molecular weight is 429 g/mol. The second-order valence-electron chi connectivity index (χ2n) is 7.20. The van der Waals surface area contributed by atoms with E-state index in [-0.39, 0.29) is 10.8 Å². The molecule has 0 aliphatic heterocycles. The van der Waals surface area contributed by atoms with Crippen LogP contribution in [0.4, 0.5) is 5.69 Å². The fraction of sp³-hybridized carbons (Fsp3) is 0.348. The molecule has 0 unspecified atom stereocenters. The second-order valence-corrected chi connectivity index (χ2v) is 8.88. The molecule has 0 radical (unpaired) electrons. The average Bonchev–Trinajstić information content (AvgIpc) is 2.75. The molecule has 160 valence electrons. The minimum Gasteiger partial charge on any atom is -0.494 e. The number of carbonyl (C=O) groups is 1. The van der Waals surface area contributed by atoms with E-state index in [2.05, 4.69) is 16.1 Å². The van der Waals surface area contributed by atoms with Gasteiger partial charge in [-0.2, -0.15) is 0 Å². The van der Waals surface area contributed by atoms with Crippen LogP contribution in [0.3, 0.4) is 0 Å². The number of carbonyl (C=O) groups excluding carboxylic acids is 1. The van der Waals surface area contributed by atoms with Gasteiger partial charge in [-0.15, -0.1) is 0 Å². The molecule has 1 aliphatic carbocycles. The highest BCUT2D eigenvalue weighted by Crippen LogP contribution is 2.21. The van der Waals surface area contributed by atoms with E-state index in [0.717, 1.165) is 19.3 Å². The molecule has 2 aromatic carbocycles.